The highest BCUT2D eigenvalue weighted by molar-refractivity contribution is 7.07. The molecule has 1 aromatic heterocycles. The van der Waals surface area contributed by atoms with Crippen LogP contribution in [0, 0.1) is 6.92 Å². The monoisotopic (exact) mass is 462 g/mol. The highest BCUT2D eigenvalue weighted by atomic mass is 32.1. The number of aryl methyl sites for hydroxylation is 1. The van der Waals surface area contributed by atoms with Crippen molar-refractivity contribution in [3.63, 3.8) is 0 Å². The van der Waals surface area contributed by atoms with Crippen LogP contribution in [0.5, 0.6) is 5.75 Å². The summed E-state index contributed by atoms with van der Waals surface area (Å²) in [7, 11) is 0. The van der Waals surface area contributed by atoms with Crippen LogP contribution in [-0.2, 0) is 9.53 Å². The number of rotatable bonds is 6. The van der Waals surface area contributed by atoms with E-state index in [0.717, 1.165) is 16.7 Å². The Balaban J connectivity index is 1.98. The van der Waals surface area contributed by atoms with Crippen molar-refractivity contribution in [3.8, 4) is 5.75 Å². The summed E-state index contributed by atoms with van der Waals surface area (Å²) in [6.07, 6.45) is 1.86. The smallest absolute Gasteiger partial charge is 0.338 e. The van der Waals surface area contributed by atoms with E-state index in [1.54, 1.807) is 18.4 Å². The Morgan fingerprint density at radius 3 is 2.52 bits per heavy atom. The average Bonchev–Trinajstić information content (AvgIpc) is 3.10. The molecule has 1 aliphatic heterocycles. The third kappa shape index (κ3) is 4.41. The minimum atomic E-state index is -0.691. The van der Waals surface area contributed by atoms with Gasteiger partial charge in [-0.15, -0.1) is 0 Å². The van der Waals surface area contributed by atoms with E-state index in [1.165, 1.54) is 11.3 Å². The number of thiazole rings is 1. The Bertz CT molecular complexity index is 1400. The molecule has 6 nitrogen and oxygen atoms in total. The molecule has 3 aromatic rings. The standard InChI is InChI=1S/C26H26N2O4S/c1-5-31-20-10-8-7-9-19(20)23-22(25(30)32-6-2)17(4)27-26-28(23)24(29)21(33-26)15-18-13-11-16(3)12-14-18/h7-15,23H,5-6H2,1-4H3/b21-15-/t23-/m0/s1. The van der Waals surface area contributed by atoms with Gasteiger partial charge in [-0.25, -0.2) is 9.79 Å². The van der Waals surface area contributed by atoms with E-state index in [2.05, 4.69) is 4.99 Å². The second-order valence-corrected chi connectivity index (χ2v) is 8.69. The lowest BCUT2D eigenvalue weighted by Crippen LogP contribution is -2.40. The lowest BCUT2D eigenvalue weighted by Gasteiger charge is -2.26. The Labute approximate surface area is 196 Å². The lowest BCUT2D eigenvalue weighted by atomic mass is 9.95. The van der Waals surface area contributed by atoms with Gasteiger partial charge < -0.3 is 9.47 Å². The molecule has 0 saturated heterocycles. The van der Waals surface area contributed by atoms with Gasteiger partial charge in [-0.1, -0.05) is 59.4 Å². The van der Waals surface area contributed by atoms with Crippen molar-refractivity contribution >= 4 is 23.4 Å². The van der Waals surface area contributed by atoms with Gasteiger partial charge in [0.1, 0.15) is 11.8 Å². The minimum Gasteiger partial charge on any atom is -0.494 e. The molecule has 0 N–H and O–H groups in total. The molecule has 0 aliphatic carbocycles. The topological polar surface area (TPSA) is 69.9 Å². The van der Waals surface area contributed by atoms with Gasteiger partial charge in [0.15, 0.2) is 4.80 Å². The summed E-state index contributed by atoms with van der Waals surface area (Å²) in [6.45, 7) is 8.15. The lowest BCUT2D eigenvalue weighted by molar-refractivity contribution is -0.139. The number of allylic oxidation sites excluding steroid dienone is 1. The summed E-state index contributed by atoms with van der Waals surface area (Å²) in [4.78, 5) is 31.8. The number of para-hydroxylation sites is 1. The van der Waals surface area contributed by atoms with Crippen LogP contribution in [0.3, 0.4) is 0 Å². The largest absolute Gasteiger partial charge is 0.494 e. The first kappa shape index (κ1) is 22.7. The SMILES string of the molecule is CCOC(=O)C1=C(C)N=c2s/c(=C\c3ccc(C)cc3)c(=O)n2[C@H]1c1ccccc1OCC. The molecule has 4 rings (SSSR count). The van der Waals surface area contributed by atoms with Gasteiger partial charge in [-0.05, 0) is 45.4 Å². The molecule has 7 heteroatoms. The Morgan fingerprint density at radius 1 is 1.09 bits per heavy atom. The van der Waals surface area contributed by atoms with Crippen LogP contribution in [0.1, 0.15) is 43.5 Å². The number of carbonyl (C=O) groups excluding carboxylic acids is 1. The Kier molecular flexibility index (Phi) is 6.60. The zero-order valence-corrected chi connectivity index (χ0v) is 19.9. The summed E-state index contributed by atoms with van der Waals surface area (Å²) in [5, 5.41) is 0. The molecule has 170 valence electrons. The second-order valence-electron chi connectivity index (χ2n) is 7.68. The molecule has 1 atom stereocenters. The van der Waals surface area contributed by atoms with Crippen molar-refractivity contribution < 1.29 is 14.3 Å². The van der Waals surface area contributed by atoms with E-state index in [9.17, 15) is 9.59 Å². The number of carbonyl (C=O) groups is 1. The maximum absolute atomic E-state index is 13.6. The van der Waals surface area contributed by atoms with E-state index in [0.29, 0.717) is 33.0 Å². The Hall–Kier alpha value is -3.45. The molecule has 0 bridgehead atoms. The van der Waals surface area contributed by atoms with Crippen molar-refractivity contribution in [2.24, 2.45) is 4.99 Å². The summed E-state index contributed by atoms with van der Waals surface area (Å²) in [5.41, 5.74) is 3.48. The zero-order valence-electron chi connectivity index (χ0n) is 19.1. The first-order chi connectivity index (χ1) is 15.9. The molecule has 1 aliphatic rings. The van der Waals surface area contributed by atoms with Gasteiger partial charge in [0.05, 0.1) is 29.0 Å². The van der Waals surface area contributed by atoms with E-state index in [-0.39, 0.29) is 12.2 Å². The number of benzene rings is 2. The second kappa shape index (κ2) is 9.58. The molecule has 0 unspecified atom stereocenters. The van der Waals surface area contributed by atoms with E-state index in [4.69, 9.17) is 9.47 Å². The van der Waals surface area contributed by atoms with Crippen LogP contribution >= 0.6 is 11.3 Å². The van der Waals surface area contributed by atoms with Crippen molar-refractivity contribution in [2.75, 3.05) is 13.2 Å². The van der Waals surface area contributed by atoms with Crippen molar-refractivity contribution in [2.45, 2.75) is 33.7 Å². The first-order valence-electron chi connectivity index (χ1n) is 10.9. The maximum Gasteiger partial charge on any atom is 0.338 e. The van der Waals surface area contributed by atoms with Gasteiger partial charge in [-0.2, -0.15) is 0 Å². The van der Waals surface area contributed by atoms with Crippen LogP contribution in [0.4, 0.5) is 0 Å². The number of hydrogen-bond acceptors (Lipinski definition) is 6. The van der Waals surface area contributed by atoms with E-state index in [1.807, 2.05) is 68.5 Å². The molecule has 2 aromatic carbocycles. The molecule has 0 saturated carbocycles. The minimum absolute atomic E-state index is 0.204. The normalized spacial score (nSPS) is 15.8. The van der Waals surface area contributed by atoms with Gasteiger partial charge in [0, 0.05) is 5.56 Å². The van der Waals surface area contributed by atoms with Crippen molar-refractivity contribution in [3.05, 3.63) is 96.2 Å². The number of nitrogens with zero attached hydrogens (tertiary/aromatic N) is 2. The molecule has 33 heavy (non-hydrogen) atoms. The molecule has 2 heterocycles. The summed E-state index contributed by atoms with van der Waals surface area (Å²) < 4.78 is 13.3. The molecular formula is C26H26N2O4S. The van der Waals surface area contributed by atoms with Crippen molar-refractivity contribution in [1.29, 1.82) is 0 Å². The quantitative estimate of drug-likeness (QED) is 0.526. The first-order valence-corrected chi connectivity index (χ1v) is 11.7. The third-order valence-electron chi connectivity index (χ3n) is 5.41. The number of fused-ring (bicyclic) bond motifs is 1. The fourth-order valence-corrected chi connectivity index (χ4v) is 4.94. The molecule has 0 fully saturated rings. The third-order valence-corrected chi connectivity index (χ3v) is 6.39. The van der Waals surface area contributed by atoms with Crippen molar-refractivity contribution in [1.82, 2.24) is 4.57 Å². The maximum atomic E-state index is 13.6. The fraction of sp³-hybridized carbons (Fsp3) is 0.269. The highest BCUT2D eigenvalue weighted by Crippen LogP contribution is 2.35. The predicted octanol–water partition coefficient (Wildman–Crippen LogP) is 3.51. The fourth-order valence-electron chi connectivity index (χ4n) is 3.89. The zero-order chi connectivity index (χ0) is 23.5. The molecule has 0 radical (unpaired) electrons. The van der Waals surface area contributed by atoms with Gasteiger partial charge in [0.25, 0.3) is 5.56 Å². The molecule has 0 spiro atoms. The van der Waals surface area contributed by atoms with Crippen LogP contribution < -0.4 is 19.6 Å². The summed E-state index contributed by atoms with van der Waals surface area (Å²) in [6, 6.07) is 14.7. The number of aromatic nitrogens is 1. The number of hydrogen-bond donors (Lipinski definition) is 0. The average molecular weight is 463 g/mol. The van der Waals surface area contributed by atoms with Crippen LogP contribution in [0.2, 0.25) is 0 Å². The molecule has 0 amide bonds. The van der Waals surface area contributed by atoms with Gasteiger partial charge >= 0.3 is 5.97 Å². The number of ether oxygens (including phenoxy) is 2. The van der Waals surface area contributed by atoms with Gasteiger partial charge in [0.2, 0.25) is 0 Å². The van der Waals surface area contributed by atoms with Crippen LogP contribution in [0.25, 0.3) is 6.08 Å². The van der Waals surface area contributed by atoms with Gasteiger partial charge in [-0.3, -0.25) is 9.36 Å². The Morgan fingerprint density at radius 2 is 1.82 bits per heavy atom. The summed E-state index contributed by atoms with van der Waals surface area (Å²) in [5.74, 6) is 0.137. The highest BCUT2D eigenvalue weighted by Gasteiger charge is 2.34. The van der Waals surface area contributed by atoms with Crippen LogP contribution in [-0.4, -0.2) is 23.8 Å². The van der Waals surface area contributed by atoms with E-state index < -0.39 is 12.0 Å². The predicted molar refractivity (Wildman–Crippen MR) is 129 cm³/mol. The van der Waals surface area contributed by atoms with E-state index >= 15 is 0 Å². The van der Waals surface area contributed by atoms with Crippen LogP contribution in [0.15, 0.2) is 69.6 Å². The molecular weight excluding hydrogens is 436 g/mol. The number of esters is 1. The summed E-state index contributed by atoms with van der Waals surface area (Å²) >= 11 is 1.31.